The van der Waals surface area contributed by atoms with Crippen LogP contribution < -0.4 is 5.32 Å². The molecule has 1 aromatic heterocycles. The zero-order valence-corrected chi connectivity index (χ0v) is 12.6. The van der Waals surface area contributed by atoms with Crippen molar-refractivity contribution in [2.24, 2.45) is 0 Å². The lowest BCUT2D eigenvalue weighted by atomic mass is 10.2. The van der Waals surface area contributed by atoms with Gasteiger partial charge >= 0.3 is 6.09 Å². The van der Waals surface area contributed by atoms with Crippen molar-refractivity contribution in [1.29, 1.82) is 0 Å². The van der Waals surface area contributed by atoms with Crippen LogP contribution in [0.15, 0.2) is 34.9 Å². The van der Waals surface area contributed by atoms with Crippen molar-refractivity contribution >= 4 is 6.09 Å². The standard InChI is InChI=1S/C15H19N3O3/c1-10(16-14(19)20-15(2,3)4)12-17-13(21-18-12)11-8-6-5-7-9-11/h5-10H,1-4H3,(H,16,19)/t10-/m0/s1. The van der Waals surface area contributed by atoms with Crippen LogP contribution in [-0.4, -0.2) is 21.8 Å². The Morgan fingerprint density at radius 1 is 1.29 bits per heavy atom. The molecule has 0 aliphatic carbocycles. The fraction of sp³-hybridized carbons (Fsp3) is 0.400. The van der Waals surface area contributed by atoms with Crippen LogP contribution in [0.1, 0.15) is 39.6 Å². The van der Waals surface area contributed by atoms with E-state index in [0.29, 0.717) is 11.7 Å². The summed E-state index contributed by atoms with van der Waals surface area (Å²) in [6.45, 7) is 7.18. The summed E-state index contributed by atoms with van der Waals surface area (Å²) in [7, 11) is 0. The van der Waals surface area contributed by atoms with E-state index in [9.17, 15) is 4.79 Å². The summed E-state index contributed by atoms with van der Waals surface area (Å²) in [6, 6.07) is 9.05. The predicted molar refractivity (Wildman–Crippen MR) is 77.5 cm³/mol. The number of alkyl carbamates (subject to hydrolysis) is 1. The molecule has 1 atom stereocenters. The first kappa shape index (κ1) is 15.0. The zero-order chi connectivity index (χ0) is 15.5. The molecule has 0 aliphatic rings. The van der Waals surface area contributed by atoms with Gasteiger partial charge in [-0.25, -0.2) is 4.79 Å². The highest BCUT2D eigenvalue weighted by Gasteiger charge is 2.21. The second-order valence-electron chi connectivity index (χ2n) is 5.69. The van der Waals surface area contributed by atoms with Crippen molar-refractivity contribution in [1.82, 2.24) is 15.5 Å². The molecule has 1 amide bonds. The van der Waals surface area contributed by atoms with Crippen LogP contribution in [0, 0.1) is 0 Å². The zero-order valence-electron chi connectivity index (χ0n) is 12.6. The first-order chi connectivity index (χ1) is 9.85. The molecule has 0 unspecified atom stereocenters. The first-order valence-electron chi connectivity index (χ1n) is 6.74. The van der Waals surface area contributed by atoms with Crippen molar-refractivity contribution in [3.8, 4) is 11.5 Å². The van der Waals surface area contributed by atoms with Crippen LogP contribution in [0.2, 0.25) is 0 Å². The number of carbonyl (C=O) groups is 1. The summed E-state index contributed by atoms with van der Waals surface area (Å²) in [5.74, 6) is 0.822. The highest BCUT2D eigenvalue weighted by atomic mass is 16.6. The fourth-order valence-corrected chi connectivity index (χ4v) is 1.66. The van der Waals surface area contributed by atoms with E-state index in [-0.39, 0.29) is 0 Å². The van der Waals surface area contributed by atoms with E-state index in [1.807, 2.05) is 30.3 Å². The second-order valence-corrected chi connectivity index (χ2v) is 5.69. The van der Waals surface area contributed by atoms with E-state index >= 15 is 0 Å². The Hall–Kier alpha value is -2.37. The first-order valence-corrected chi connectivity index (χ1v) is 6.74. The van der Waals surface area contributed by atoms with Gasteiger partial charge in [-0.3, -0.25) is 0 Å². The third-order valence-electron chi connectivity index (χ3n) is 2.58. The molecular formula is C15H19N3O3. The van der Waals surface area contributed by atoms with Gasteiger partial charge in [-0.1, -0.05) is 23.4 Å². The van der Waals surface area contributed by atoms with Crippen LogP contribution in [0.4, 0.5) is 4.79 Å². The van der Waals surface area contributed by atoms with Crippen molar-refractivity contribution in [2.75, 3.05) is 0 Å². The number of amides is 1. The Morgan fingerprint density at radius 3 is 2.57 bits per heavy atom. The van der Waals surface area contributed by atoms with Gasteiger partial charge < -0.3 is 14.6 Å². The molecule has 2 rings (SSSR count). The number of benzene rings is 1. The lowest BCUT2D eigenvalue weighted by Gasteiger charge is -2.20. The van der Waals surface area contributed by atoms with Crippen molar-refractivity contribution in [3.63, 3.8) is 0 Å². The van der Waals surface area contributed by atoms with E-state index in [4.69, 9.17) is 9.26 Å². The molecule has 0 spiro atoms. The highest BCUT2D eigenvalue weighted by Crippen LogP contribution is 2.19. The Morgan fingerprint density at radius 2 is 1.95 bits per heavy atom. The van der Waals surface area contributed by atoms with E-state index in [2.05, 4.69) is 15.5 Å². The Bertz CT molecular complexity index is 602. The number of aromatic nitrogens is 2. The van der Waals surface area contributed by atoms with Crippen molar-refractivity contribution < 1.29 is 14.1 Å². The number of ether oxygens (including phenoxy) is 1. The number of nitrogens with zero attached hydrogens (tertiary/aromatic N) is 2. The summed E-state index contributed by atoms with van der Waals surface area (Å²) in [5, 5.41) is 6.56. The van der Waals surface area contributed by atoms with Gasteiger partial charge in [-0.2, -0.15) is 4.98 Å². The third kappa shape index (κ3) is 4.30. The summed E-state index contributed by atoms with van der Waals surface area (Å²) in [6.07, 6.45) is -0.513. The van der Waals surface area contributed by atoms with Crippen LogP contribution in [0.25, 0.3) is 11.5 Å². The molecule has 0 bridgehead atoms. The average molecular weight is 289 g/mol. The van der Waals surface area contributed by atoms with Crippen LogP contribution in [0.3, 0.4) is 0 Å². The van der Waals surface area contributed by atoms with Crippen LogP contribution >= 0.6 is 0 Å². The quantitative estimate of drug-likeness (QED) is 0.937. The van der Waals surface area contributed by atoms with Gasteiger partial charge in [0.15, 0.2) is 5.82 Å². The number of rotatable bonds is 3. The number of carbonyl (C=O) groups excluding carboxylic acids is 1. The van der Waals surface area contributed by atoms with E-state index in [0.717, 1.165) is 5.56 Å². The molecule has 0 saturated carbocycles. The molecule has 0 aliphatic heterocycles. The Balaban J connectivity index is 2.03. The smallest absolute Gasteiger partial charge is 0.408 e. The molecule has 6 heteroatoms. The monoisotopic (exact) mass is 289 g/mol. The summed E-state index contributed by atoms with van der Waals surface area (Å²) in [5.41, 5.74) is 0.289. The maximum atomic E-state index is 11.7. The minimum Gasteiger partial charge on any atom is -0.444 e. The molecule has 112 valence electrons. The average Bonchev–Trinajstić information content (AvgIpc) is 2.87. The lowest BCUT2D eigenvalue weighted by molar-refractivity contribution is 0.0505. The lowest BCUT2D eigenvalue weighted by Crippen LogP contribution is -2.34. The van der Waals surface area contributed by atoms with Gasteiger partial charge in [0.2, 0.25) is 0 Å². The topological polar surface area (TPSA) is 77.2 Å². The van der Waals surface area contributed by atoms with Gasteiger partial charge in [-0.15, -0.1) is 0 Å². The van der Waals surface area contributed by atoms with Crippen LogP contribution in [-0.2, 0) is 4.74 Å². The van der Waals surface area contributed by atoms with E-state index in [1.165, 1.54) is 0 Å². The molecule has 6 nitrogen and oxygen atoms in total. The van der Waals surface area contributed by atoms with Gasteiger partial charge in [0, 0.05) is 5.56 Å². The summed E-state index contributed by atoms with van der Waals surface area (Å²) < 4.78 is 10.4. The largest absolute Gasteiger partial charge is 0.444 e. The van der Waals surface area contributed by atoms with E-state index in [1.54, 1.807) is 27.7 Å². The number of hydrogen-bond donors (Lipinski definition) is 1. The molecule has 21 heavy (non-hydrogen) atoms. The molecule has 2 aromatic rings. The number of hydrogen-bond acceptors (Lipinski definition) is 5. The number of nitrogens with one attached hydrogen (secondary N) is 1. The fourth-order valence-electron chi connectivity index (χ4n) is 1.66. The summed E-state index contributed by atoms with van der Waals surface area (Å²) in [4.78, 5) is 16.0. The van der Waals surface area contributed by atoms with E-state index < -0.39 is 17.7 Å². The van der Waals surface area contributed by atoms with Crippen molar-refractivity contribution in [2.45, 2.75) is 39.3 Å². The van der Waals surface area contributed by atoms with Gasteiger partial charge in [-0.05, 0) is 39.8 Å². The van der Waals surface area contributed by atoms with Gasteiger partial charge in [0.1, 0.15) is 5.60 Å². The predicted octanol–water partition coefficient (Wildman–Crippen LogP) is 3.32. The second kappa shape index (κ2) is 5.95. The SMILES string of the molecule is C[C@H](NC(=O)OC(C)(C)C)c1noc(-c2ccccc2)n1. The molecule has 1 heterocycles. The molecule has 0 saturated heterocycles. The highest BCUT2D eigenvalue weighted by molar-refractivity contribution is 5.68. The summed E-state index contributed by atoms with van der Waals surface area (Å²) >= 11 is 0. The minimum absolute atomic E-state index is 0.402. The maximum Gasteiger partial charge on any atom is 0.408 e. The minimum atomic E-state index is -0.545. The van der Waals surface area contributed by atoms with Crippen molar-refractivity contribution in [3.05, 3.63) is 36.2 Å². The molecule has 0 radical (unpaired) electrons. The third-order valence-corrected chi connectivity index (χ3v) is 2.58. The molecule has 0 fully saturated rings. The Labute approximate surface area is 123 Å². The normalized spacial score (nSPS) is 12.8. The molecule has 1 aromatic carbocycles. The van der Waals surface area contributed by atoms with Gasteiger partial charge in [0.25, 0.3) is 5.89 Å². The maximum absolute atomic E-state index is 11.7. The van der Waals surface area contributed by atoms with Crippen LogP contribution in [0.5, 0.6) is 0 Å². The molecular weight excluding hydrogens is 270 g/mol. The van der Waals surface area contributed by atoms with Gasteiger partial charge in [0.05, 0.1) is 6.04 Å². The Kier molecular flexibility index (Phi) is 4.26. The molecule has 1 N–H and O–H groups in total.